The van der Waals surface area contributed by atoms with E-state index in [0.717, 1.165) is 29.5 Å². The van der Waals surface area contributed by atoms with Crippen LogP contribution in [0, 0.1) is 5.92 Å². The lowest BCUT2D eigenvalue weighted by molar-refractivity contribution is -0.143. The van der Waals surface area contributed by atoms with Crippen molar-refractivity contribution in [3.63, 3.8) is 0 Å². The number of thiol groups is 1. The first-order valence-corrected chi connectivity index (χ1v) is 11.9. The maximum absolute atomic E-state index is 13.3. The SMILES string of the molecule is CC(C)[C@H](S)C(=O)NC1(C(=O)N[C@@H](Cc2cccc(-c3ccccc3)c2)C(=O)O)CCCC1. The Bertz CT molecular complexity index is 987. The van der Waals surface area contributed by atoms with Gasteiger partial charge >= 0.3 is 5.97 Å². The Morgan fingerprint density at radius 1 is 1.00 bits per heavy atom. The van der Waals surface area contributed by atoms with Crippen LogP contribution in [0.15, 0.2) is 54.6 Å². The molecule has 7 heteroatoms. The summed E-state index contributed by atoms with van der Waals surface area (Å²) in [5.41, 5.74) is 1.74. The van der Waals surface area contributed by atoms with Crippen LogP contribution in [0.1, 0.15) is 45.1 Å². The van der Waals surface area contributed by atoms with E-state index >= 15 is 0 Å². The molecular formula is C26H32N2O4S. The summed E-state index contributed by atoms with van der Waals surface area (Å²) in [6.45, 7) is 3.78. The average molecular weight is 469 g/mol. The molecule has 176 valence electrons. The highest BCUT2D eigenvalue weighted by Crippen LogP contribution is 2.31. The first-order chi connectivity index (χ1) is 15.7. The molecule has 0 aromatic heterocycles. The number of amides is 2. The molecule has 1 aliphatic rings. The third-order valence-electron chi connectivity index (χ3n) is 6.23. The van der Waals surface area contributed by atoms with Gasteiger partial charge in [-0.15, -0.1) is 0 Å². The highest BCUT2D eigenvalue weighted by Gasteiger charge is 2.44. The summed E-state index contributed by atoms with van der Waals surface area (Å²) in [7, 11) is 0. The van der Waals surface area contributed by atoms with Gasteiger partial charge < -0.3 is 15.7 Å². The molecule has 0 saturated heterocycles. The Hall–Kier alpha value is -2.80. The van der Waals surface area contributed by atoms with Gasteiger partial charge in [0.05, 0.1) is 5.25 Å². The standard InChI is InChI=1S/C26H32N2O4S/c1-17(2)22(33)23(29)28-26(13-6-7-14-26)25(32)27-21(24(30)31)16-18-9-8-12-20(15-18)19-10-4-3-5-11-19/h3-5,8-12,15,17,21-22,33H,6-7,13-14,16H2,1-2H3,(H,27,32)(H,28,29)(H,30,31)/t21-,22-/m0/s1. The molecule has 2 atom stereocenters. The Balaban J connectivity index is 1.75. The van der Waals surface area contributed by atoms with Crippen molar-refractivity contribution in [1.29, 1.82) is 0 Å². The molecule has 0 heterocycles. The molecule has 6 nitrogen and oxygen atoms in total. The first kappa shape index (κ1) is 24.8. The van der Waals surface area contributed by atoms with Gasteiger partial charge in [-0.2, -0.15) is 12.6 Å². The van der Waals surface area contributed by atoms with Gasteiger partial charge in [0, 0.05) is 6.42 Å². The van der Waals surface area contributed by atoms with E-state index < -0.39 is 28.7 Å². The molecule has 1 saturated carbocycles. The second-order valence-electron chi connectivity index (χ2n) is 9.10. The number of carbonyl (C=O) groups is 3. The Labute approximate surface area is 200 Å². The van der Waals surface area contributed by atoms with Crippen LogP contribution in [-0.4, -0.2) is 39.7 Å². The fraction of sp³-hybridized carbons (Fsp3) is 0.423. The second kappa shape index (κ2) is 10.9. The predicted octanol–water partition coefficient (Wildman–Crippen LogP) is 3.85. The van der Waals surface area contributed by atoms with Crippen molar-refractivity contribution in [1.82, 2.24) is 10.6 Å². The van der Waals surface area contributed by atoms with Gasteiger partial charge in [0.25, 0.3) is 0 Å². The number of rotatable bonds is 9. The summed E-state index contributed by atoms with van der Waals surface area (Å²) in [6.07, 6.45) is 2.71. The Morgan fingerprint density at radius 2 is 1.64 bits per heavy atom. The number of hydrogen-bond donors (Lipinski definition) is 4. The van der Waals surface area contributed by atoms with E-state index in [1.807, 2.05) is 68.4 Å². The maximum atomic E-state index is 13.3. The lowest BCUT2D eigenvalue weighted by atomic mass is 9.93. The molecule has 1 aliphatic carbocycles. The lowest BCUT2D eigenvalue weighted by Crippen LogP contribution is -2.61. The zero-order chi connectivity index (χ0) is 24.0. The van der Waals surface area contributed by atoms with Crippen molar-refractivity contribution in [2.45, 2.75) is 62.8 Å². The number of aliphatic carboxylic acids is 1. The molecule has 33 heavy (non-hydrogen) atoms. The summed E-state index contributed by atoms with van der Waals surface area (Å²) in [4.78, 5) is 37.9. The number of benzene rings is 2. The summed E-state index contributed by atoms with van der Waals surface area (Å²) in [5, 5.41) is 14.9. The zero-order valence-corrected chi connectivity index (χ0v) is 20.0. The largest absolute Gasteiger partial charge is 0.480 e. The minimum Gasteiger partial charge on any atom is -0.480 e. The number of carboxylic acids is 1. The van der Waals surface area contributed by atoms with Crippen LogP contribution < -0.4 is 10.6 Å². The normalized spacial score (nSPS) is 16.7. The molecule has 2 aromatic carbocycles. The van der Waals surface area contributed by atoms with Crippen molar-refractivity contribution in [2.24, 2.45) is 5.92 Å². The van der Waals surface area contributed by atoms with Crippen molar-refractivity contribution >= 4 is 30.4 Å². The number of carbonyl (C=O) groups excluding carboxylic acids is 2. The van der Waals surface area contributed by atoms with Crippen LogP contribution in [0.5, 0.6) is 0 Å². The maximum Gasteiger partial charge on any atom is 0.326 e. The van der Waals surface area contributed by atoms with E-state index in [4.69, 9.17) is 0 Å². The van der Waals surface area contributed by atoms with Crippen LogP contribution >= 0.6 is 12.6 Å². The van der Waals surface area contributed by atoms with Gasteiger partial charge in [-0.25, -0.2) is 4.79 Å². The van der Waals surface area contributed by atoms with E-state index in [9.17, 15) is 19.5 Å². The van der Waals surface area contributed by atoms with Crippen LogP contribution in [0.2, 0.25) is 0 Å². The van der Waals surface area contributed by atoms with Crippen molar-refractivity contribution < 1.29 is 19.5 Å². The molecule has 0 spiro atoms. The van der Waals surface area contributed by atoms with Gasteiger partial charge in [-0.1, -0.05) is 81.3 Å². The highest BCUT2D eigenvalue weighted by molar-refractivity contribution is 7.81. The van der Waals surface area contributed by atoms with Crippen LogP contribution in [0.3, 0.4) is 0 Å². The lowest BCUT2D eigenvalue weighted by Gasteiger charge is -2.32. The third-order valence-corrected chi connectivity index (χ3v) is 7.06. The van der Waals surface area contributed by atoms with Gasteiger partial charge in [0.2, 0.25) is 11.8 Å². The van der Waals surface area contributed by atoms with Gasteiger partial charge in [0.15, 0.2) is 0 Å². The number of hydrogen-bond acceptors (Lipinski definition) is 4. The fourth-order valence-corrected chi connectivity index (χ4v) is 4.31. The molecule has 0 aliphatic heterocycles. The molecule has 3 N–H and O–H groups in total. The van der Waals surface area contributed by atoms with Gasteiger partial charge in [-0.3, -0.25) is 9.59 Å². The predicted molar refractivity (Wildman–Crippen MR) is 132 cm³/mol. The van der Waals surface area contributed by atoms with Crippen LogP contribution in [-0.2, 0) is 20.8 Å². The molecule has 0 bridgehead atoms. The smallest absolute Gasteiger partial charge is 0.326 e. The van der Waals surface area contributed by atoms with Gasteiger partial charge in [-0.05, 0) is 35.4 Å². The average Bonchev–Trinajstić information content (AvgIpc) is 3.28. The summed E-state index contributed by atoms with van der Waals surface area (Å²) in [6, 6.07) is 16.4. The number of carboxylic acid groups (broad SMARTS) is 1. The molecule has 2 aromatic rings. The molecule has 0 radical (unpaired) electrons. The Kier molecular flexibility index (Phi) is 8.19. The van der Waals surface area contributed by atoms with Crippen molar-refractivity contribution in [3.8, 4) is 11.1 Å². The van der Waals surface area contributed by atoms with Crippen LogP contribution in [0.25, 0.3) is 11.1 Å². The van der Waals surface area contributed by atoms with E-state index in [1.165, 1.54) is 0 Å². The second-order valence-corrected chi connectivity index (χ2v) is 9.66. The molecule has 1 fully saturated rings. The summed E-state index contributed by atoms with van der Waals surface area (Å²) >= 11 is 4.37. The molecule has 2 amide bonds. The topological polar surface area (TPSA) is 95.5 Å². The zero-order valence-electron chi connectivity index (χ0n) is 19.1. The molecular weight excluding hydrogens is 436 g/mol. The Morgan fingerprint density at radius 3 is 2.24 bits per heavy atom. The number of nitrogens with one attached hydrogen (secondary N) is 2. The van der Waals surface area contributed by atoms with E-state index in [1.54, 1.807) is 0 Å². The summed E-state index contributed by atoms with van der Waals surface area (Å²) < 4.78 is 0. The minimum atomic E-state index is -1.11. The molecule has 0 unspecified atom stereocenters. The molecule has 3 rings (SSSR count). The quantitative estimate of drug-likeness (QED) is 0.421. The monoisotopic (exact) mass is 468 g/mol. The van der Waals surface area contributed by atoms with Crippen molar-refractivity contribution in [3.05, 3.63) is 60.2 Å². The third kappa shape index (κ3) is 6.16. The van der Waals surface area contributed by atoms with E-state index in [0.29, 0.717) is 12.8 Å². The van der Waals surface area contributed by atoms with E-state index in [-0.39, 0.29) is 18.2 Å². The van der Waals surface area contributed by atoms with E-state index in [2.05, 4.69) is 23.3 Å². The van der Waals surface area contributed by atoms with Crippen LogP contribution in [0.4, 0.5) is 0 Å². The minimum absolute atomic E-state index is 0.0125. The first-order valence-electron chi connectivity index (χ1n) is 11.4. The van der Waals surface area contributed by atoms with Gasteiger partial charge in [0.1, 0.15) is 11.6 Å². The fourth-order valence-electron chi connectivity index (χ4n) is 4.24. The van der Waals surface area contributed by atoms with Crippen molar-refractivity contribution in [2.75, 3.05) is 0 Å². The summed E-state index contributed by atoms with van der Waals surface area (Å²) in [5.74, 6) is -1.84. The highest BCUT2D eigenvalue weighted by atomic mass is 32.1.